The van der Waals surface area contributed by atoms with Crippen LogP contribution in [-0.2, 0) is 25.6 Å². The summed E-state index contributed by atoms with van der Waals surface area (Å²) in [4.78, 5) is 13.4. The topological polar surface area (TPSA) is 193 Å². The Bertz CT molecular complexity index is 1590. The van der Waals surface area contributed by atoms with Crippen molar-refractivity contribution in [2.75, 3.05) is 27.6 Å². The summed E-state index contributed by atoms with van der Waals surface area (Å²) in [5.74, 6) is -0.618. The van der Waals surface area contributed by atoms with Crippen LogP contribution in [0.3, 0.4) is 0 Å². The molecule has 0 unspecified atom stereocenters. The van der Waals surface area contributed by atoms with E-state index in [0.717, 1.165) is 11.1 Å². The molecule has 3 aromatic rings. The fraction of sp³-hybridized carbons (Fsp3) is 0.500. The Hall–Kier alpha value is -4.15. The number of benzene rings is 2. The normalized spacial score (nSPS) is 31.7. The maximum Gasteiger partial charge on any atom is 0.310 e. The molecule has 45 heavy (non-hydrogen) atoms. The van der Waals surface area contributed by atoms with Gasteiger partial charge in [0.15, 0.2) is 29.3 Å². The van der Waals surface area contributed by atoms with Crippen LogP contribution in [0.25, 0.3) is 0 Å². The quantitative estimate of drug-likeness (QED) is 0.266. The SMILES string of the molecule is COc1cc([C@@H]2c3cc4c(cc3[C@@H](n3cc(CO[C@@H]5O[C@H](C)[C@@H](O)[C@H](O)[C@H]5O)nn3)[C@H]3COC(=O)[C@H]23)OCO4)cc(OC)c1O. The molecule has 1 aliphatic carbocycles. The molecule has 7 rings (SSSR count). The molecule has 2 saturated heterocycles. The lowest BCUT2D eigenvalue weighted by Crippen LogP contribution is -2.57. The van der Waals surface area contributed by atoms with E-state index >= 15 is 0 Å². The first-order valence-corrected chi connectivity index (χ1v) is 14.5. The number of phenolic OH excluding ortho intramolecular Hbond substituents is 1. The highest BCUT2D eigenvalue weighted by Crippen LogP contribution is 2.56. The van der Waals surface area contributed by atoms with Gasteiger partial charge in [0.1, 0.15) is 24.0 Å². The Labute approximate surface area is 256 Å². The van der Waals surface area contributed by atoms with E-state index in [1.54, 1.807) is 29.9 Å². The molecule has 0 amide bonds. The maximum atomic E-state index is 13.4. The second-order valence-corrected chi connectivity index (χ2v) is 11.5. The van der Waals surface area contributed by atoms with Gasteiger partial charge in [-0.3, -0.25) is 4.79 Å². The van der Waals surface area contributed by atoms with Crippen molar-refractivity contribution in [2.24, 2.45) is 11.8 Å². The average molecular weight is 628 g/mol. The van der Waals surface area contributed by atoms with Crippen molar-refractivity contribution in [1.82, 2.24) is 15.0 Å². The number of esters is 1. The first kappa shape index (κ1) is 29.6. The van der Waals surface area contributed by atoms with E-state index in [1.807, 2.05) is 12.1 Å². The zero-order valence-corrected chi connectivity index (χ0v) is 24.6. The van der Waals surface area contributed by atoms with Gasteiger partial charge in [0.05, 0.1) is 51.7 Å². The molecule has 4 N–H and O–H groups in total. The highest BCUT2D eigenvalue weighted by molar-refractivity contribution is 5.79. The fourth-order valence-electron chi connectivity index (χ4n) is 6.80. The van der Waals surface area contributed by atoms with E-state index in [1.165, 1.54) is 14.2 Å². The van der Waals surface area contributed by atoms with Crippen LogP contribution < -0.4 is 18.9 Å². The number of rotatable bonds is 7. The summed E-state index contributed by atoms with van der Waals surface area (Å²) in [7, 11) is 2.87. The molecule has 15 heteroatoms. The highest BCUT2D eigenvalue weighted by Gasteiger charge is 2.53. The summed E-state index contributed by atoms with van der Waals surface area (Å²) in [6, 6.07) is 6.60. The molecule has 4 aliphatic rings. The highest BCUT2D eigenvalue weighted by atomic mass is 16.7. The number of aromatic nitrogens is 3. The minimum atomic E-state index is -1.46. The van der Waals surface area contributed by atoms with E-state index in [2.05, 4.69) is 10.3 Å². The molecule has 0 spiro atoms. The predicted octanol–water partition coefficient (Wildman–Crippen LogP) is 0.598. The second kappa shape index (κ2) is 11.3. The lowest BCUT2D eigenvalue weighted by molar-refractivity contribution is -0.296. The number of hydrogen-bond donors (Lipinski definition) is 4. The van der Waals surface area contributed by atoms with Crippen LogP contribution in [0.5, 0.6) is 28.7 Å². The van der Waals surface area contributed by atoms with Crippen molar-refractivity contribution in [3.05, 3.63) is 52.8 Å². The number of methoxy groups -OCH3 is 2. The van der Waals surface area contributed by atoms with Crippen LogP contribution in [0.2, 0.25) is 0 Å². The zero-order chi connectivity index (χ0) is 31.6. The smallest absolute Gasteiger partial charge is 0.310 e. The third-order valence-electron chi connectivity index (χ3n) is 9.06. The fourth-order valence-corrected chi connectivity index (χ4v) is 6.80. The van der Waals surface area contributed by atoms with Gasteiger partial charge in [0.2, 0.25) is 12.5 Å². The van der Waals surface area contributed by atoms with E-state index in [9.17, 15) is 25.2 Å². The van der Waals surface area contributed by atoms with Gasteiger partial charge in [0.25, 0.3) is 0 Å². The number of cyclic esters (lactones) is 1. The number of aliphatic hydroxyl groups excluding tert-OH is 3. The monoisotopic (exact) mass is 627 g/mol. The van der Waals surface area contributed by atoms with Gasteiger partial charge in [-0.25, -0.2) is 4.68 Å². The largest absolute Gasteiger partial charge is 0.502 e. The maximum absolute atomic E-state index is 13.4. The number of carbonyl (C=O) groups is 1. The number of ether oxygens (including phenoxy) is 7. The standard InChI is InChI=1S/C30H33N3O12/c1-12-25(34)27(36)28(37)30(45-12)42-9-14-8-33(32-31-14)24-16-7-19-18(43-11-44-19)6-15(16)22(23-17(24)10-41-29(23)38)13-4-20(39-2)26(35)21(5-13)40-3/h4-8,12,17,22-25,27-28,30,34-37H,9-11H2,1-3H3/t12-,17+,22-,23+,24-,25-,27+,28-,30-/m1/s1. The lowest BCUT2D eigenvalue weighted by Gasteiger charge is -2.39. The molecular weight excluding hydrogens is 594 g/mol. The van der Waals surface area contributed by atoms with Crippen LogP contribution >= 0.6 is 0 Å². The van der Waals surface area contributed by atoms with Gasteiger partial charge in [0, 0.05) is 11.8 Å². The Morgan fingerprint density at radius 3 is 2.33 bits per heavy atom. The van der Waals surface area contributed by atoms with Crippen LogP contribution in [0.4, 0.5) is 0 Å². The lowest BCUT2D eigenvalue weighted by atomic mass is 9.65. The first-order chi connectivity index (χ1) is 21.7. The van der Waals surface area contributed by atoms with E-state index in [-0.39, 0.29) is 49.1 Å². The zero-order valence-electron chi connectivity index (χ0n) is 24.6. The van der Waals surface area contributed by atoms with Crippen molar-refractivity contribution < 1.29 is 58.4 Å². The number of hydrogen-bond acceptors (Lipinski definition) is 14. The number of carbonyl (C=O) groups excluding carboxylic acids is 1. The van der Waals surface area contributed by atoms with Gasteiger partial charge in [-0.1, -0.05) is 5.21 Å². The molecule has 9 atom stereocenters. The number of aliphatic hydroxyl groups is 3. The van der Waals surface area contributed by atoms with Crippen molar-refractivity contribution in [3.63, 3.8) is 0 Å². The molecule has 15 nitrogen and oxygen atoms in total. The Morgan fingerprint density at radius 2 is 1.64 bits per heavy atom. The van der Waals surface area contributed by atoms with Gasteiger partial charge in [-0.05, 0) is 47.9 Å². The number of aromatic hydroxyl groups is 1. The molecule has 1 aromatic heterocycles. The van der Waals surface area contributed by atoms with Crippen LogP contribution in [-0.4, -0.2) is 99.7 Å². The number of fused-ring (bicyclic) bond motifs is 3. The number of nitrogens with zero attached hydrogens (tertiary/aromatic N) is 3. The third kappa shape index (κ3) is 4.82. The van der Waals surface area contributed by atoms with Crippen LogP contribution in [0, 0.1) is 11.8 Å². The molecule has 0 radical (unpaired) electrons. The first-order valence-electron chi connectivity index (χ1n) is 14.5. The minimum Gasteiger partial charge on any atom is -0.502 e. The molecular formula is C30H33N3O12. The van der Waals surface area contributed by atoms with Crippen LogP contribution in [0.15, 0.2) is 30.5 Å². The van der Waals surface area contributed by atoms with Gasteiger partial charge >= 0.3 is 5.97 Å². The van der Waals surface area contributed by atoms with Crippen molar-refractivity contribution in [2.45, 2.75) is 56.2 Å². The van der Waals surface area contributed by atoms with Gasteiger partial charge < -0.3 is 53.6 Å². The van der Waals surface area contributed by atoms with Crippen molar-refractivity contribution >= 4 is 5.97 Å². The van der Waals surface area contributed by atoms with Crippen molar-refractivity contribution in [3.8, 4) is 28.7 Å². The minimum absolute atomic E-state index is 0.0492. The van der Waals surface area contributed by atoms with Gasteiger partial charge in [-0.15, -0.1) is 5.10 Å². The summed E-state index contributed by atoms with van der Waals surface area (Å²) in [6.07, 6.45) is -4.41. The van der Waals surface area contributed by atoms with Gasteiger partial charge in [-0.2, -0.15) is 0 Å². The summed E-state index contributed by atoms with van der Waals surface area (Å²) >= 11 is 0. The summed E-state index contributed by atoms with van der Waals surface area (Å²) < 4.78 is 40.8. The Morgan fingerprint density at radius 1 is 0.956 bits per heavy atom. The Kier molecular flexibility index (Phi) is 7.44. The molecule has 4 heterocycles. The van der Waals surface area contributed by atoms with Crippen LogP contribution in [0.1, 0.15) is 41.3 Å². The number of phenols is 1. The molecule has 2 aromatic carbocycles. The molecule has 240 valence electrons. The van der Waals surface area contributed by atoms with Crippen molar-refractivity contribution in [1.29, 1.82) is 0 Å². The predicted molar refractivity (Wildman–Crippen MR) is 149 cm³/mol. The average Bonchev–Trinajstić information content (AvgIpc) is 3.79. The third-order valence-corrected chi connectivity index (χ3v) is 9.06. The molecule has 3 aliphatic heterocycles. The molecule has 0 saturated carbocycles. The van der Waals surface area contributed by atoms with E-state index < -0.39 is 48.6 Å². The summed E-state index contributed by atoms with van der Waals surface area (Å²) in [6.45, 7) is 1.62. The molecule has 2 fully saturated rings. The van der Waals surface area contributed by atoms with E-state index in [4.69, 9.17) is 33.2 Å². The second-order valence-electron chi connectivity index (χ2n) is 11.5. The molecule has 0 bridgehead atoms. The Balaban J connectivity index is 1.27. The summed E-state index contributed by atoms with van der Waals surface area (Å²) in [5, 5.41) is 49.7. The summed E-state index contributed by atoms with van der Waals surface area (Å²) in [5.41, 5.74) is 2.66. The van der Waals surface area contributed by atoms with E-state index in [0.29, 0.717) is 22.8 Å².